The van der Waals surface area contributed by atoms with Crippen LogP contribution in [0.1, 0.15) is 24.0 Å². The first-order chi connectivity index (χ1) is 10.3. The Labute approximate surface area is 139 Å². The third kappa shape index (κ3) is 2.86. The fraction of sp³-hybridized carbons (Fsp3) is 0.267. The van der Waals surface area contributed by atoms with Gasteiger partial charge in [-0.1, -0.05) is 41.4 Å². The molecule has 2 aromatic rings. The lowest BCUT2D eigenvalue weighted by atomic mass is 9.78. The molecule has 0 bridgehead atoms. The van der Waals surface area contributed by atoms with Gasteiger partial charge in [-0.05, 0) is 36.2 Å². The minimum Gasteiger partial charge on any atom is -0.244 e. The molecule has 3 rings (SSSR count). The maximum atomic E-state index is 12.2. The molecule has 116 valence electrons. The summed E-state index contributed by atoms with van der Waals surface area (Å²) in [5, 5.41) is 0.990. The van der Waals surface area contributed by atoms with Crippen molar-refractivity contribution in [3.63, 3.8) is 0 Å². The number of aromatic nitrogens is 1. The Morgan fingerprint density at radius 2 is 1.86 bits per heavy atom. The van der Waals surface area contributed by atoms with Crippen LogP contribution in [0.3, 0.4) is 0 Å². The molecule has 1 aromatic heterocycles. The fourth-order valence-corrected chi connectivity index (χ4v) is 5.08. The third-order valence-corrected chi connectivity index (χ3v) is 6.03. The average molecular weight is 357 g/mol. The van der Waals surface area contributed by atoms with Crippen molar-refractivity contribution in [1.29, 1.82) is 0 Å². The molecular weight excluding hydrogens is 343 g/mol. The van der Waals surface area contributed by atoms with E-state index in [9.17, 15) is 8.42 Å². The molecule has 0 saturated carbocycles. The van der Waals surface area contributed by atoms with E-state index in [0.29, 0.717) is 10.2 Å². The van der Waals surface area contributed by atoms with Crippen LogP contribution in [0.25, 0.3) is 0 Å². The van der Waals surface area contributed by atoms with Crippen molar-refractivity contribution in [1.82, 2.24) is 9.71 Å². The lowest BCUT2D eigenvalue weighted by Crippen LogP contribution is -2.39. The molecule has 0 radical (unpaired) electrons. The Kier molecular flexibility index (Phi) is 3.93. The molecule has 1 N–H and O–H groups in total. The van der Waals surface area contributed by atoms with Gasteiger partial charge in [-0.25, -0.2) is 18.1 Å². The molecule has 1 saturated heterocycles. The zero-order valence-electron chi connectivity index (χ0n) is 11.8. The first-order valence-corrected chi connectivity index (χ1v) is 9.10. The number of hydrogen-bond acceptors (Lipinski definition) is 3. The quantitative estimate of drug-likeness (QED) is 0.839. The summed E-state index contributed by atoms with van der Waals surface area (Å²) in [5.41, 5.74) is 0.915. The van der Waals surface area contributed by atoms with Gasteiger partial charge in [0.25, 0.3) is 0 Å². The van der Waals surface area contributed by atoms with Crippen LogP contribution >= 0.6 is 23.2 Å². The Morgan fingerprint density at radius 3 is 2.45 bits per heavy atom. The van der Waals surface area contributed by atoms with Gasteiger partial charge in [0.05, 0.1) is 11.3 Å². The zero-order chi connectivity index (χ0) is 16.0. The van der Waals surface area contributed by atoms with Crippen LogP contribution < -0.4 is 4.72 Å². The predicted molar refractivity (Wildman–Crippen MR) is 87.7 cm³/mol. The van der Waals surface area contributed by atoms with Crippen molar-refractivity contribution < 1.29 is 8.42 Å². The number of nitrogens with zero attached hydrogens (tertiary/aromatic N) is 1. The van der Waals surface area contributed by atoms with E-state index in [1.54, 1.807) is 30.5 Å². The third-order valence-electron chi connectivity index (χ3n) is 4.05. The maximum absolute atomic E-state index is 12.2. The highest BCUT2D eigenvalue weighted by atomic mass is 35.5. The number of halogens is 2. The van der Waals surface area contributed by atoms with E-state index in [2.05, 4.69) is 9.71 Å². The Hall–Kier alpha value is -1.14. The molecule has 1 fully saturated rings. The van der Waals surface area contributed by atoms with Gasteiger partial charge in [0.2, 0.25) is 10.0 Å². The Bertz CT molecular complexity index is 791. The van der Waals surface area contributed by atoms with E-state index in [-0.39, 0.29) is 11.7 Å². The predicted octanol–water partition coefficient (Wildman–Crippen LogP) is 3.32. The molecule has 22 heavy (non-hydrogen) atoms. The van der Waals surface area contributed by atoms with E-state index in [1.807, 2.05) is 19.1 Å². The summed E-state index contributed by atoms with van der Waals surface area (Å²) in [5.74, 6) is -0.217. The molecule has 2 unspecified atom stereocenters. The molecule has 0 aliphatic carbocycles. The zero-order valence-corrected chi connectivity index (χ0v) is 14.1. The number of nitrogens with one attached hydrogen (secondary N) is 1. The van der Waals surface area contributed by atoms with E-state index in [1.165, 1.54) is 0 Å². The Morgan fingerprint density at radius 1 is 1.18 bits per heavy atom. The topological polar surface area (TPSA) is 59.1 Å². The second kappa shape index (κ2) is 5.49. The van der Waals surface area contributed by atoms with Crippen LogP contribution in [0.2, 0.25) is 10.2 Å². The van der Waals surface area contributed by atoms with Crippen molar-refractivity contribution in [2.24, 2.45) is 0 Å². The van der Waals surface area contributed by atoms with Gasteiger partial charge in [-0.15, -0.1) is 0 Å². The summed E-state index contributed by atoms with van der Waals surface area (Å²) < 4.78 is 27.1. The molecular formula is C15H14Cl2N2O2S. The number of hydrogen-bond donors (Lipinski definition) is 1. The number of sulfonamides is 1. The van der Waals surface area contributed by atoms with E-state index in [4.69, 9.17) is 23.2 Å². The van der Waals surface area contributed by atoms with Gasteiger partial charge in [-0.2, -0.15) is 0 Å². The Balaban J connectivity index is 2.10. The second-order valence-corrected chi connectivity index (χ2v) is 8.15. The minimum atomic E-state index is -3.36. The molecule has 1 aliphatic rings. The van der Waals surface area contributed by atoms with Gasteiger partial charge in [0, 0.05) is 17.1 Å². The second-order valence-electron chi connectivity index (χ2n) is 5.56. The number of rotatable bonds is 2. The summed E-state index contributed by atoms with van der Waals surface area (Å²) in [6.45, 7) is 1.86. The molecule has 0 spiro atoms. The highest BCUT2D eigenvalue weighted by molar-refractivity contribution is 7.89. The lowest BCUT2D eigenvalue weighted by molar-refractivity contribution is 0.403. The number of benzene rings is 1. The first-order valence-electron chi connectivity index (χ1n) is 6.69. The largest absolute Gasteiger partial charge is 0.244 e. The minimum absolute atomic E-state index is 0.0216. The first kappa shape index (κ1) is 15.7. The van der Waals surface area contributed by atoms with Gasteiger partial charge >= 0.3 is 0 Å². The molecule has 1 aliphatic heterocycles. The summed E-state index contributed by atoms with van der Waals surface area (Å²) in [6.07, 6.45) is 1.61. The van der Waals surface area contributed by atoms with Crippen LogP contribution in [0.15, 0.2) is 42.6 Å². The summed E-state index contributed by atoms with van der Waals surface area (Å²) in [4.78, 5) is 4.07. The lowest BCUT2D eigenvalue weighted by Gasteiger charge is -2.30. The SMILES string of the molecule is CC1(c2ccc(Cl)nc2)NS(=O)(=O)CC1c1ccc(Cl)cc1. The normalized spacial score (nSPS) is 27.0. The molecule has 1 aromatic carbocycles. The highest BCUT2D eigenvalue weighted by Crippen LogP contribution is 2.43. The summed E-state index contributed by atoms with van der Waals surface area (Å²) >= 11 is 11.7. The summed E-state index contributed by atoms with van der Waals surface area (Å²) in [7, 11) is -3.36. The van der Waals surface area contributed by atoms with Crippen LogP contribution in [-0.2, 0) is 15.6 Å². The smallest absolute Gasteiger partial charge is 0.213 e. The molecule has 0 amide bonds. The van der Waals surface area contributed by atoms with Crippen molar-refractivity contribution >= 4 is 33.2 Å². The van der Waals surface area contributed by atoms with Gasteiger partial charge in [0.1, 0.15) is 5.15 Å². The van der Waals surface area contributed by atoms with Crippen LogP contribution in [-0.4, -0.2) is 19.2 Å². The maximum Gasteiger partial charge on any atom is 0.213 e. The summed E-state index contributed by atoms with van der Waals surface area (Å²) in [6, 6.07) is 10.7. The average Bonchev–Trinajstić information content (AvgIpc) is 2.71. The molecule has 2 heterocycles. The van der Waals surface area contributed by atoms with Crippen molar-refractivity contribution in [2.45, 2.75) is 18.4 Å². The van der Waals surface area contributed by atoms with Crippen LogP contribution in [0.4, 0.5) is 0 Å². The van der Waals surface area contributed by atoms with Gasteiger partial charge < -0.3 is 0 Å². The highest BCUT2D eigenvalue weighted by Gasteiger charge is 2.48. The molecule has 7 heteroatoms. The fourth-order valence-electron chi connectivity index (χ4n) is 2.89. The van der Waals surface area contributed by atoms with E-state index < -0.39 is 15.6 Å². The van der Waals surface area contributed by atoms with Crippen molar-refractivity contribution in [2.75, 3.05) is 5.75 Å². The van der Waals surface area contributed by atoms with E-state index >= 15 is 0 Å². The van der Waals surface area contributed by atoms with Crippen molar-refractivity contribution in [3.8, 4) is 0 Å². The van der Waals surface area contributed by atoms with Gasteiger partial charge in [-0.3, -0.25) is 0 Å². The van der Waals surface area contributed by atoms with Crippen molar-refractivity contribution in [3.05, 3.63) is 63.9 Å². The molecule has 2 atom stereocenters. The van der Waals surface area contributed by atoms with Gasteiger partial charge in [0.15, 0.2) is 0 Å². The van der Waals surface area contributed by atoms with E-state index in [0.717, 1.165) is 11.1 Å². The number of pyridine rings is 1. The van der Waals surface area contributed by atoms with Crippen LogP contribution in [0.5, 0.6) is 0 Å². The van der Waals surface area contributed by atoms with Crippen LogP contribution in [0, 0.1) is 0 Å². The molecule has 4 nitrogen and oxygen atoms in total. The monoisotopic (exact) mass is 356 g/mol. The standard InChI is InChI=1S/C15H14Cl2N2O2S/c1-15(11-4-7-14(17)18-8-11)13(9-22(20,21)19-15)10-2-5-12(16)6-3-10/h2-8,13,19H,9H2,1H3.